The number of carbonyl (C=O) groups excluding carboxylic acids is 1. The minimum absolute atomic E-state index is 0.000784. The van der Waals surface area contributed by atoms with Crippen LogP contribution in [0.5, 0.6) is 5.75 Å². The van der Waals surface area contributed by atoms with Gasteiger partial charge in [0.2, 0.25) is 15.9 Å². The van der Waals surface area contributed by atoms with Gasteiger partial charge in [-0.2, -0.15) is 0 Å². The number of hydrogen-bond acceptors (Lipinski definition) is 4. The van der Waals surface area contributed by atoms with Gasteiger partial charge in [-0.1, -0.05) is 0 Å². The van der Waals surface area contributed by atoms with Crippen molar-refractivity contribution in [2.24, 2.45) is 5.92 Å². The predicted octanol–water partition coefficient (Wildman–Crippen LogP) is 1.51. The van der Waals surface area contributed by atoms with E-state index in [4.69, 9.17) is 4.74 Å². The fourth-order valence-corrected chi connectivity index (χ4v) is 4.22. The lowest BCUT2D eigenvalue weighted by Gasteiger charge is -2.32. The van der Waals surface area contributed by atoms with Crippen molar-refractivity contribution in [2.45, 2.75) is 36.6 Å². The summed E-state index contributed by atoms with van der Waals surface area (Å²) < 4.78 is 45.9. The maximum atomic E-state index is 13.7. The van der Waals surface area contributed by atoms with E-state index < -0.39 is 15.8 Å². The molecule has 2 fully saturated rings. The Kier molecular flexibility index (Phi) is 4.78. The van der Waals surface area contributed by atoms with Crippen LogP contribution in [0.15, 0.2) is 23.1 Å². The molecule has 1 aliphatic heterocycles. The van der Waals surface area contributed by atoms with E-state index in [1.54, 1.807) is 0 Å². The van der Waals surface area contributed by atoms with Crippen molar-refractivity contribution >= 4 is 15.9 Å². The van der Waals surface area contributed by atoms with E-state index in [1.165, 1.54) is 19.2 Å². The molecule has 1 aliphatic carbocycles. The zero-order valence-electron chi connectivity index (χ0n) is 13.5. The van der Waals surface area contributed by atoms with Gasteiger partial charge < -0.3 is 9.64 Å². The summed E-state index contributed by atoms with van der Waals surface area (Å²) in [6, 6.07) is 3.31. The fourth-order valence-electron chi connectivity index (χ4n) is 2.91. The normalized spacial score (nSPS) is 19.3. The van der Waals surface area contributed by atoms with Crippen LogP contribution in [0.1, 0.15) is 25.7 Å². The van der Waals surface area contributed by atoms with Crippen molar-refractivity contribution in [1.29, 1.82) is 0 Å². The molecule has 24 heavy (non-hydrogen) atoms. The SMILES string of the molecule is COc1ccc(S(=O)(=O)NC2CCN(C(=O)C3CC3)CC2)cc1F. The van der Waals surface area contributed by atoms with Gasteiger partial charge in [0.25, 0.3) is 0 Å². The van der Waals surface area contributed by atoms with Crippen LogP contribution in [-0.2, 0) is 14.8 Å². The van der Waals surface area contributed by atoms with Gasteiger partial charge in [0.1, 0.15) is 0 Å². The minimum Gasteiger partial charge on any atom is -0.494 e. The van der Waals surface area contributed by atoms with Crippen LogP contribution in [0, 0.1) is 11.7 Å². The summed E-state index contributed by atoms with van der Waals surface area (Å²) in [5, 5.41) is 0. The summed E-state index contributed by atoms with van der Waals surface area (Å²) in [6.07, 6.45) is 3.06. The van der Waals surface area contributed by atoms with E-state index in [-0.39, 0.29) is 28.5 Å². The molecule has 0 spiro atoms. The third-order valence-corrected chi connectivity index (χ3v) is 6.01. The lowest BCUT2D eigenvalue weighted by Crippen LogP contribution is -2.46. The summed E-state index contributed by atoms with van der Waals surface area (Å²) in [6.45, 7) is 1.11. The fraction of sp³-hybridized carbons (Fsp3) is 0.562. The largest absolute Gasteiger partial charge is 0.494 e. The Hall–Kier alpha value is -1.67. The van der Waals surface area contributed by atoms with Crippen molar-refractivity contribution in [3.05, 3.63) is 24.0 Å². The molecule has 1 amide bonds. The molecule has 1 aromatic rings. The van der Waals surface area contributed by atoms with Gasteiger partial charge in [-0.15, -0.1) is 0 Å². The highest BCUT2D eigenvalue weighted by atomic mass is 32.2. The Morgan fingerprint density at radius 2 is 1.92 bits per heavy atom. The number of carbonyl (C=O) groups is 1. The average molecular weight is 356 g/mol. The number of nitrogens with zero attached hydrogens (tertiary/aromatic N) is 1. The summed E-state index contributed by atoms with van der Waals surface area (Å²) in [5.41, 5.74) is 0. The van der Waals surface area contributed by atoms with Crippen molar-refractivity contribution in [3.8, 4) is 5.75 Å². The molecule has 1 heterocycles. The molecule has 0 unspecified atom stereocenters. The van der Waals surface area contributed by atoms with E-state index in [2.05, 4.69) is 4.72 Å². The second-order valence-corrected chi connectivity index (χ2v) is 8.01. The third kappa shape index (κ3) is 3.70. The molecular weight excluding hydrogens is 335 g/mol. The molecule has 6 nitrogen and oxygen atoms in total. The molecule has 0 aromatic heterocycles. The number of halogens is 1. The highest BCUT2D eigenvalue weighted by Crippen LogP contribution is 2.32. The highest BCUT2D eigenvalue weighted by molar-refractivity contribution is 7.89. The molecule has 0 radical (unpaired) electrons. The lowest BCUT2D eigenvalue weighted by molar-refractivity contribution is -0.133. The topological polar surface area (TPSA) is 75.7 Å². The summed E-state index contributed by atoms with van der Waals surface area (Å²) >= 11 is 0. The number of ether oxygens (including phenoxy) is 1. The number of hydrogen-bond donors (Lipinski definition) is 1. The molecule has 1 aromatic carbocycles. The van der Waals surface area contributed by atoms with E-state index in [0.29, 0.717) is 25.9 Å². The van der Waals surface area contributed by atoms with E-state index in [9.17, 15) is 17.6 Å². The molecule has 1 saturated carbocycles. The van der Waals surface area contributed by atoms with Crippen LogP contribution in [0.2, 0.25) is 0 Å². The second-order valence-electron chi connectivity index (χ2n) is 6.29. The molecule has 1 saturated heterocycles. The Morgan fingerprint density at radius 1 is 1.25 bits per heavy atom. The number of nitrogens with one attached hydrogen (secondary N) is 1. The van der Waals surface area contributed by atoms with Crippen LogP contribution >= 0.6 is 0 Å². The number of rotatable bonds is 5. The van der Waals surface area contributed by atoms with Crippen LogP contribution in [0.3, 0.4) is 0 Å². The first-order valence-electron chi connectivity index (χ1n) is 8.05. The number of amides is 1. The quantitative estimate of drug-likeness (QED) is 0.868. The van der Waals surface area contributed by atoms with Gasteiger partial charge in [-0.3, -0.25) is 4.79 Å². The van der Waals surface area contributed by atoms with Crippen molar-refractivity contribution < 1.29 is 22.3 Å². The predicted molar refractivity (Wildman–Crippen MR) is 85.6 cm³/mol. The zero-order chi connectivity index (χ0) is 17.3. The van der Waals surface area contributed by atoms with Gasteiger partial charge in [-0.25, -0.2) is 17.5 Å². The van der Waals surface area contributed by atoms with Gasteiger partial charge >= 0.3 is 0 Å². The van der Waals surface area contributed by atoms with Crippen molar-refractivity contribution in [1.82, 2.24) is 9.62 Å². The number of benzene rings is 1. The molecular formula is C16H21FN2O4S. The standard InChI is InChI=1S/C16H21FN2O4S/c1-23-15-5-4-13(10-14(15)17)24(21,22)18-12-6-8-19(9-7-12)16(20)11-2-3-11/h4-5,10-12,18H,2-3,6-9H2,1H3. The average Bonchev–Trinajstić information content (AvgIpc) is 3.39. The summed E-state index contributed by atoms with van der Waals surface area (Å²) in [7, 11) is -2.48. The molecule has 1 N–H and O–H groups in total. The maximum absolute atomic E-state index is 13.7. The smallest absolute Gasteiger partial charge is 0.240 e. The number of methoxy groups -OCH3 is 1. The Labute approximate surface area is 141 Å². The first-order valence-corrected chi connectivity index (χ1v) is 9.53. The van der Waals surface area contributed by atoms with Gasteiger partial charge in [0, 0.05) is 25.0 Å². The lowest BCUT2D eigenvalue weighted by atomic mass is 10.1. The monoisotopic (exact) mass is 356 g/mol. The molecule has 3 rings (SSSR count). The number of piperidine rings is 1. The summed E-state index contributed by atoms with van der Waals surface area (Å²) in [4.78, 5) is 13.7. The van der Waals surface area contributed by atoms with Crippen LogP contribution in [0.25, 0.3) is 0 Å². The molecule has 8 heteroatoms. The molecule has 2 aliphatic rings. The van der Waals surface area contributed by atoms with Crippen molar-refractivity contribution in [2.75, 3.05) is 20.2 Å². The Balaban J connectivity index is 1.61. The Morgan fingerprint density at radius 3 is 2.46 bits per heavy atom. The van der Waals surface area contributed by atoms with Gasteiger partial charge in [-0.05, 0) is 43.9 Å². The van der Waals surface area contributed by atoms with Crippen LogP contribution in [-0.4, -0.2) is 45.5 Å². The van der Waals surface area contributed by atoms with E-state index >= 15 is 0 Å². The molecule has 0 bridgehead atoms. The zero-order valence-corrected chi connectivity index (χ0v) is 14.3. The van der Waals surface area contributed by atoms with E-state index in [0.717, 1.165) is 18.9 Å². The third-order valence-electron chi connectivity index (χ3n) is 4.49. The van der Waals surface area contributed by atoms with Crippen molar-refractivity contribution in [3.63, 3.8) is 0 Å². The van der Waals surface area contributed by atoms with Crippen LogP contribution in [0.4, 0.5) is 4.39 Å². The van der Waals surface area contributed by atoms with Crippen LogP contribution < -0.4 is 9.46 Å². The Bertz CT molecular complexity index is 726. The first kappa shape index (κ1) is 17.2. The van der Waals surface area contributed by atoms with Gasteiger partial charge in [0.05, 0.1) is 12.0 Å². The summed E-state index contributed by atoms with van der Waals surface area (Å²) in [5.74, 6) is -0.347. The minimum atomic E-state index is -3.80. The maximum Gasteiger partial charge on any atom is 0.240 e. The number of sulfonamides is 1. The molecule has 132 valence electrons. The highest BCUT2D eigenvalue weighted by Gasteiger charge is 2.35. The second kappa shape index (κ2) is 6.68. The first-order chi connectivity index (χ1) is 11.4. The van der Waals surface area contributed by atoms with E-state index in [1.807, 2.05) is 4.90 Å². The van der Waals surface area contributed by atoms with Gasteiger partial charge in [0.15, 0.2) is 11.6 Å². The molecule has 0 atom stereocenters. The number of likely N-dealkylation sites (tertiary alicyclic amines) is 1.